The third-order valence-corrected chi connectivity index (χ3v) is 5.00. The fourth-order valence-corrected chi connectivity index (χ4v) is 3.67. The Bertz CT molecular complexity index is 869. The number of nitrogens with zero attached hydrogens (tertiary/aromatic N) is 4. The van der Waals surface area contributed by atoms with Gasteiger partial charge in [0.05, 0.1) is 12.9 Å². The summed E-state index contributed by atoms with van der Waals surface area (Å²) < 4.78 is 25.0. The molecule has 27 heavy (non-hydrogen) atoms. The van der Waals surface area contributed by atoms with E-state index in [-0.39, 0.29) is 24.3 Å². The zero-order valence-corrected chi connectivity index (χ0v) is 14.5. The van der Waals surface area contributed by atoms with Crippen LogP contribution in [-0.4, -0.2) is 51.7 Å². The number of ether oxygens (including phenoxy) is 3. The summed E-state index contributed by atoms with van der Waals surface area (Å²) >= 11 is 0. The molecule has 2 aliphatic rings. The molecule has 0 saturated carbocycles. The summed E-state index contributed by atoms with van der Waals surface area (Å²) in [5, 5.41) is 14.1. The van der Waals surface area contributed by atoms with E-state index < -0.39 is 0 Å². The fourth-order valence-electron chi connectivity index (χ4n) is 3.67. The van der Waals surface area contributed by atoms with E-state index in [4.69, 9.17) is 18.6 Å². The van der Waals surface area contributed by atoms with Gasteiger partial charge < -0.3 is 23.9 Å². The number of furan rings is 1. The first-order valence-electron chi connectivity index (χ1n) is 8.98. The molecule has 2 N–H and O–H groups in total. The molecule has 0 unspecified atom stereocenters. The lowest BCUT2D eigenvalue weighted by molar-refractivity contribution is -0.709. The molecular formula is C18H20N5O4+. The van der Waals surface area contributed by atoms with Gasteiger partial charge in [0.2, 0.25) is 0 Å². The predicted molar refractivity (Wildman–Crippen MR) is 91.0 cm³/mol. The monoisotopic (exact) mass is 370 g/mol. The molecule has 4 heterocycles. The van der Waals surface area contributed by atoms with Crippen molar-refractivity contribution >= 4 is 0 Å². The molecule has 1 aromatic carbocycles. The lowest BCUT2D eigenvalue weighted by atomic mass is 10.1. The highest BCUT2D eigenvalue weighted by atomic mass is 16.6. The number of aromatic nitrogens is 4. The number of rotatable bonds is 6. The number of hydrogen-bond donors (Lipinski definition) is 1. The molecule has 2 fully saturated rings. The summed E-state index contributed by atoms with van der Waals surface area (Å²) in [6, 6.07) is 13.7. The van der Waals surface area contributed by atoms with Gasteiger partial charge >= 0.3 is 6.01 Å². The van der Waals surface area contributed by atoms with Crippen LogP contribution in [-0.2, 0) is 16.0 Å². The van der Waals surface area contributed by atoms with Crippen LogP contribution >= 0.6 is 0 Å². The molecule has 0 amide bonds. The molecule has 2 saturated heterocycles. The Morgan fingerprint density at radius 1 is 1.07 bits per heavy atom. The van der Waals surface area contributed by atoms with Crippen LogP contribution in [0, 0.1) is 0 Å². The number of nitrogens with two attached hydrogens (primary N) is 1. The average Bonchev–Trinajstić information content (AvgIpc) is 3.47. The number of quaternary nitrogens is 1. The first-order chi connectivity index (χ1) is 13.4. The van der Waals surface area contributed by atoms with E-state index in [2.05, 4.69) is 20.8 Å². The normalized spacial score (nSPS) is 27.0. The van der Waals surface area contributed by atoms with Crippen LogP contribution in [0.15, 0.2) is 53.1 Å². The number of tetrazole rings is 1. The highest BCUT2D eigenvalue weighted by Gasteiger charge is 2.51. The Kier molecular flexibility index (Phi) is 4.32. The molecule has 5 rings (SSSR count). The van der Waals surface area contributed by atoms with Crippen LogP contribution in [0.25, 0.3) is 0 Å². The van der Waals surface area contributed by atoms with Gasteiger partial charge in [-0.15, -0.1) is 0 Å². The van der Waals surface area contributed by atoms with Gasteiger partial charge in [-0.1, -0.05) is 23.3 Å². The van der Waals surface area contributed by atoms with Crippen LogP contribution in [0.1, 0.15) is 11.8 Å². The van der Waals surface area contributed by atoms with Crippen molar-refractivity contribution in [3.05, 3.63) is 54.5 Å². The van der Waals surface area contributed by atoms with Crippen molar-refractivity contribution in [2.24, 2.45) is 0 Å². The molecule has 9 heteroatoms. The molecule has 0 bridgehead atoms. The predicted octanol–water partition coefficient (Wildman–Crippen LogP) is 0.529. The van der Waals surface area contributed by atoms with Crippen molar-refractivity contribution < 1.29 is 23.9 Å². The third-order valence-electron chi connectivity index (χ3n) is 5.00. The average molecular weight is 370 g/mol. The SMILES string of the molecule is c1ccc(Oc2nnnn2[C@H]2CO[C@H]3[C@@H]2OC[C@@H]3[NH2+]Cc2ccco2)cc1. The van der Waals surface area contributed by atoms with Crippen LogP contribution in [0.3, 0.4) is 0 Å². The Balaban J connectivity index is 1.27. The summed E-state index contributed by atoms with van der Waals surface area (Å²) in [5.74, 6) is 1.62. The Morgan fingerprint density at radius 2 is 1.96 bits per heavy atom. The van der Waals surface area contributed by atoms with Crippen LogP contribution < -0.4 is 10.1 Å². The highest BCUT2D eigenvalue weighted by Crippen LogP contribution is 2.35. The van der Waals surface area contributed by atoms with Gasteiger partial charge in [0.25, 0.3) is 0 Å². The van der Waals surface area contributed by atoms with E-state index in [0.717, 1.165) is 12.3 Å². The smallest absolute Gasteiger partial charge is 0.341 e. The molecule has 0 radical (unpaired) electrons. The van der Waals surface area contributed by atoms with Gasteiger partial charge in [0, 0.05) is 0 Å². The number of fused-ring (bicyclic) bond motifs is 1. The Morgan fingerprint density at radius 3 is 2.81 bits per heavy atom. The van der Waals surface area contributed by atoms with Crippen molar-refractivity contribution in [3.8, 4) is 11.8 Å². The van der Waals surface area contributed by atoms with Crippen molar-refractivity contribution in [2.45, 2.75) is 30.8 Å². The van der Waals surface area contributed by atoms with Crippen molar-refractivity contribution in [1.82, 2.24) is 20.2 Å². The second-order valence-electron chi connectivity index (χ2n) is 6.67. The summed E-state index contributed by atoms with van der Waals surface area (Å²) in [7, 11) is 0. The van der Waals surface area contributed by atoms with E-state index in [9.17, 15) is 0 Å². The zero-order valence-electron chi connectivity index (χ0n) is 14.5. The maximum absolute atomic E-state index is 6.04. The minimum absolute atomic E-state index is 0.0151. The van der Waals surface area contributed by atoms with Gasteiger partial charge in [-0.25, -0.2) is 0 Å². The molecule has 140 valence electrons. The van der Waals surface area contributed by atoms with Crippen molar-refractivity contribution in [3.63, 3.8) is 0 Å². The van der Waals surface area contributed by atoms with E-state index in [0.29, 0.717) is 25.0 Å². The summed E-state index contributed by atoms with van der Waals surface area (Å²) in [5.41, 5.74) is 0. The quantitative estimate of drug-likeness (QED) is 0.675. The summed E-state index contributed by atoms with van der Waals surface area (Å²) in [4.78, 5) is 0. The van der Waals surface area contributed by atoms with Crippen molar-refractivity contribution in [1.29, 1.82) is 0 Å². The molecule has 4 atom stereocenters. The minimum atomic E-state index is -0.120. The lowest BCUT2D eigenvalue weighted by Gasteiger charge is -2.16. The lowest BCUT2D eigenvalue weighted by Crippen LogP contribution is -2.91. The van der Waals surface area contributed by atoms with Gasteiger partial charge in [0.15, 0.2) is 5.76 Å². The Hall–Kier alpha value is -2.75. The largest absolute Gasteiger partial charge is 0.463 e. The number of hydrogen-bond acceptors (Lipinski definition) is 7. The molecular weight excluding hydrogens is 350 g/mol. The second-order valence-corrected chi connectivity index (χ2v) is 6.67. The Labute approximate surface area is 155 Å². The van der Waals surface area contributed by atoms with Gasteiger partial charge in [-0.2, -0.15) is 4.68 Å². The van der Waals surface area contributed by atoms with E-state index >= 15 is 0 Å². The van der Waals surface area contributed by atoms with Crippen molar-refractivity contribution in [2.75, 3.05) is 13.2 Å². The number of para-hydroxylation sites is 1. The zero-order chi connectivity index (χ0) is 18.1. The molecule has 3 aromatic rings. The molecule has 2 aromatic heterocycles. The molecule has 0 aliphatic carbocycles. The van der Waals surface area contributed by atoms with Gasteiger partial charge in [-0.3, -0.25) is 0 Å². The summed E-state index contributed by atoms with van der Waals surface area (Å²) in [6.45, 7) is 1.85. The maximum atomic E-state index is 6.04. The maximum Gasteiger partial charge on any atom is 0.341 e. The summed E-state index contributed by atoms with van der Waals surface area (Å²) in [6.07, 6.45) is 1.56. The van der Waals surface area contributed by atoms with Crippen LogP contribution in [0.4, 0.5) is 0 Å². The first kappa shape index (κ1) is 16.4. The van der Waals surface area contributed by atoms with Gasteiger partial charge in [-0.05, 0) is 34.7 Å². The van der Waals surface area contributed by atoms with E-state index in [1.165, 1.54) is 0 Å². The number of benzene rings is 1. The first-order valence-corrected chi connectivity index (χ1v) is 8.98. The second kappa shape index (κ2) is 7.10. The highest BCUT2D eigenvalue weighted by molar-refractivity contribution is 5.24. The standard InChI is InChI=1S/C18H19N5O4/c1-2-5-12(6-3-1)27-18-20-21-22-23(18)15-11-26-16-14(10-25-17(15)16)19-9-13-7-4-8-24-13/h1-8,14-17,19H,9-11H2/p+1/t14-,15-,16+,17+/m0/s1. The molecule has 0 spiro atoms. The van der Waals surface area contributed by atoms with Crippen LogP contribution in [0.2, 0.25) is 0 Å². The molecule has 9 nitrogen and oxygen atoms in total. The van der Waals surface area contributed by atoms with E-state index in [1.807, 2.05) is 42.5 Å². The third kappa shape index (κ3) is 3.20. The topological polar surface area (TPSA) is 101 Å². The fraction of sp³-hybridized carbons (Fsp3) is 0.389. The molecule has 2 aliphatic heterocycles. The minimum Gasteiger partial charge on any atom is -0.463 e. The van der Waals surface area contributed by atoms with E-state index in [1.54, 1.807) is 10.9 Å². The van der Waals surface area contributed by atoms with Crippen LogP contribution in [0.5, 0.6) is 11.8 Å². The van der Waals surface area contributed by atoms with Gasteiger partial charge in [0.1, 0.15) is 43.2 Å².